The summed E-state index contributed by atoms with van der Waals surface area (Å²) in [4.78, 5) is 48.9. The number of nitrogens with one attached hydrogen (secondary N) is 2. The number of amidine groups is 1. The van der Waals surface area contributed by atoms with Crippen molar-refractivity contribution in [1.82, 2.24) is 5.32 Å². The van der Waals surface area contributed by atoms with Crippen molar-refractivity contribution in [3.05, 3.63) is 67.6 Å². The van der Waals surface area contributed by atoms with Gasteiger partial charge in [0.15, 0.2) is 18.1 Å². The highest BCUT2D eigenvalue weighted by atomic mass is 79.9. The number of hydrogen-bond donors (Lipinski definition) is 2. The van der Waals surface area contributed by atoms with Gasteiger partial charge < -0.3 is 20.1 Å². The van der Waals surface area contributed by atoms with Gasteiger partial charge in [-0.05, 0) is 57.9 Å². The first kappa shape index (κ1) is 24.9. The van der Waals surface area contributed by atoms with Crippen LogP contribution in [0.1, 0.15) is 5.56 Å². The zero-order valence-corrected chi connectivity index (χ0v) is 19.8. The third-order valence-corrected chi connectivity index (χ3v) is 5.59. The molecule has 1 aliphatic heterocycles. The fourth-order valence-corrected chi connectivity index (χ4v) is 3.20. The highest BCUT2D eigenvalue weighted by molar-refractivity contribution is 9.10. The second-order valence-corrected chi connectivity index (χ2v) is 7.98. The van der Waals surface area contributed by atoms with Gasteiger partial charge in [-0.3, -0.25) is 24.5 Å². The molecule has 0 saturated carbocycles. The molecule has 0 aliphatic carbocycles. The minimum absolute atomic E-state index is 0.128. The Kier molecular flexibility index (Phi) is 7.97. The first-order chi connectivity index (χ1) is 16.2. The molecule has 0 aromatic heterocycles. The molecule has 0 radical (unpaired) electrons. The number of ether oxygens (including phenoxy) is 2. The van der Waals surface area contributed by atoms with Gasteiger partial charge in [-0.15, -0.1) is 0 Å². The zero-order valence-electron chi connectivity index (χ0n) is 17.4. The predicted octanol–water partition coefficient (Wildman–Crippen LogP) is 2.84. The number of rotatable bonds is 8. The lowest BCUT2D eigenvalue weighted by molar-refractivity contribution is -0.493. The van der Waals surface area contributed by atoms with E-state index in [0.29, 0.717) is 32.2 Å². The number of methoxy groups -OCH3 is 1. The highest BCUT2D eigenvalue weighted by Gasteiger charge is 2.41. The Morgan fingerprint density at radius 1 is 1.26 bits per heavy atom. The molecule has 0 saturated heterocycles. The van der Waals surface area contributed by atoms with E-state index in [1.807, 2.05) is 0 Å². The molecule has 1 atom stereocenters. The van der Waals surface area contributed by atoms with Crippen molar-refractivity contribution in [2.45, 2.75) is 6.04 Å². The highest BCUT2D eigenvalue weighted by Crippen LogP contribution is 2.29. The van der Waals surface area contributed by atoms with Crippen molar-refractivity contribution in [2.75, 3.05) is 19.0 Å². The monoisotopic (exact) mass is 550 g/mol. The molecule has 3 rings (SSSR count). The summed E-state index contributed by atoms with van der Waals surface area (Å²) in [5.41, 5.74) is 1.09. The van der Waals surface area contributed by atoms with Gasteiger partial charge in [0, 0.05) is 15.1 Å². The molecule has 0 bridgehead atoms. The van der Waals surface area contributed by atoms with Crippen LogP contribution in [0.5, 0.6) is 11.5 Å². The van der Waals surface area contributed by atoms with Gasteiger partial charge in [-0.2, -0.15) is 4.99 Å². The Labute approximate surface area is 206 Å². The van der Waals surface area contributed by atoms with Crippen LogP contribution in [0.3, 0.4) is 0 Å². The van der Waals surface area contributed by atoms with E-state index in [0.717, 1.165) is 0 Å². The summed E-state index contributed by atoms with van der Waals surface area (Å²) in [6.07, 6.45) is 2.83. The molecule has 3 amide bonds. The minimum Gasteiger partial charge on any atom is -0.493 e. The van der Waals surface area contributed by atoms with Gasteiger partial charge in [0.25, 0.3) is 5.91 Å². The molecule has 1 unspecified atom stereocenters. The second kappa shape index (κ2) is 10.9. The van der Waals surface area contributed by atoms with Crippen LogP contribution in [-0.2, 0) is 14.4 Å². The normalized spacial score (nSPS) is 15.5. The maximum absolute atomic E-state index is 12.2. The summed E-state index contributed by atoms with van der Waals surface area (Å²) >= 11 is 9.28. The van der Waals surface area contributed by atoms with Crippen molar-refractivity contribution < 1.29 is 28.8 Å². The average Bonchev–Trinajstić information content (AvgIpc) is 2.78. The van der Waals surface area contributed by atoms with Gasteiger partial charge in [-0.25, -0.2) is 0 Å². The lowest BCUT2D eigenvalue weighted by Gasteiger charge is -2.13. The van der Waals surface area contributed by atoms with Crippen molar-refractivity contribution in [3.63, 3.8) is 0 Å². The number of hydrogen-bond acceptors (Lipinski definition) is 7. The molecule has 2 aromatic carbocycles. The Balaban J connectivity index is 1.64. The molecule has 2 N–H and O–H groups in total. The lowest BCUT2D eigenvalue weighted by Crippen LogP contribution is -2.50. The van der Waals surface area contributed by atoms with E-state index in [4.69, 9.17) is 21.1 Å². The van der Waals surface area contributed by atoms with Crippen molar-refractivity contribution >= 4 is 62.9 Å². The number of nitrogens with zero attached hydrogens (tertiary/aromatic N) is 2. The summed E-state index contributed by atoms with van der Waals surface area (Å²) in [5.74, 6) is -2.13. The number of carbonyl (C=O) groups is 3. The molecular weight excluding hydrogens is 536 g/mol. The molecule has 0 spiro atoms. The minimum atomic E-state index is -2.05. The van der Waals surface area contributed by atoms with Crippen LogP contribution in [0.2, 0.25) is 5.02 Å². The SMILES string of the molecule is COc1cc(/C=C/C2=NC(=O)C([N+](=O)[O-])C(=O)N2)ccc1OCC(=O)Nc1ccc(Br)c(Cl)c1. The van der Waals surface area contributed by atoms with Gasteiger partial charge in [0.2, 0.25) is 0 Å². The van der Waals surface area contributed by atoms with Gasteiger partial charge in [-0.1, -0.05) is 23.7 Å². The molecule has 1 heterocycles. The van der Waals surface area contributed by atoms with Crippen LogP contribution in [0, 0.1) is 10.1 Å². The number of nitro groups is 1. The Morgan fingerprint density at radius 2 is 2.03 bits per heavy atom. The Morgan fingerprint density at radius 3 is 2.68 bits per heavy atom. The number of benzene rings is 2. The number of halogens is 2. The average molecular weight is 552 g/mol. The predicted molar refractivity (Wildman–Crippen MR) is 127 cm³/mol. The fraction of sp³-hybridized carbons (Fsp3) is 0.143. The van der Waals surface area contributed by atoms with Crippen LogP contribution < -0.4 is 20.1 Å². The molecule has 0 fully saturated rings. The number of carbonyl (C=O) groups excluding carboxylic acids is 3. The zero-order chi connectivity index (χ0) is 24.8. The summed E-state index contributed by atoms with van der Waals surface area (Å²) in [7, 11) is 1.42. The summed E-state index contributed by atoms with van der Waals surface area (Å²) in [5, 5.41) is 16.1. The van der Waals surface area contributed by atoms with E-state index >= 15 is 0 Å². The standard InChI is InChI=1S/C21H16BrClN4O7/c1-33-16-8-11(3-7-17-25-20(29)19(27(31)32)21(30)26-17)2-6-15(16)34-10-18(28)24-12-4-5-13(22)14(23)9-12/h2-9,19H,10H2,1H3,(H,24,28)(H,25,26,29,30)/b7-3+. The maximum atomic E-state index is 12.2. The van der Waals surface area contributed by atoms with Crippen molar-refractivity contribution in [3.8, 4) is 11.5 Å². The third-order valence-electron chi connectivity index (χ3n) is 4.36. The van der Waals surface area contributed by atoms with E-state index in [2.05, 4.69) is 31.6 Å². The van der Waals surface area contributed by atoms with Crippen LogP contribution in [0.25, 0.3) is 6.08 Å². The smallest absolute Gasteiger partial charge is 0.368 e. The molecular formula is C21H16BrClN4O7. The van der Waals surface area contributed by atoms with E-state index in [9.17, 15) is 24.5 Å². The van der Waals surface area contributed by atoms with E-state index < -0.39 is 28.7 Å². The summed E-state index contributed by atoms with van der Waals surface area (Å²) in [6, 6.07) is 7.71. The molecule has 2 aromatic rings. The Bertz CT molecular complexity index is 1230. The first-order valence-electron chi connectivity index (χ1n) is 9.48. The summed E-state index contributed by atoms with van der Waals surface area (Å²) in [6.45, 7) is -0.290. The van der Waals surface area contributed by atoms with Crippen LogP contribution in [0.15, 0.2) is 51.9 Å². The van der Waals surface area contributed by atoms with Crippen molar-refractivity contribution in [1.29, 1.82) is 0 Å². The number of aliphatic imine (C=N–C) groups is 1. The van der Waals surface area contributed by atoms with Crippen molar-refractivity contribution in [2.24, 2.45) is 4.99 Å². The molecule has 11 nitrogen and oxygen atoms in total. The van der Waals surface area contributed by atoms with Gasteiger partial charge in [0.05, 0.1) is 12.1 Å². The van der Waals surface area contributed by atoms with Gasteiger partial charge >= 0.3 is 17.9 Å². The largest absolute Gasteiger partial charge is 0.493 e. The van der Waals surface area contributed by atoms with Crippen LogP contribution >= 0.6 is 27.5 Å². The summed E-state index contributed by atoms with van der Waals surface area (Å²) < 4.78 is 11.5. The van der Waals surface area contributed by atoms with Crippen LogP contribution in [-0.4, -0.2) is 48.2 Å². The second-order valence-electron chi connectivity index (χ2n) is 6.72. The number of amides is 3. The molecule has 1 aliphatic rings. The molecule has 34 heavy (non-hydrogen) atoms. The third kappa shape index (κ3) is 6.17. The van der Waals surface area contributed by atoms with E-state index in [1.54, 1.807) is 36.4 Å². The fourth-order valence-electron chi connectivity index (χ4n) is 2.78. The van der Waals surface area contributed by atoms with E-state index in [-0.39, 0.29) is 12.4 Å². The lowest BCUT2D eigenvalue weighted by atomic mass is 10.1. The van der Waals surface area contributed by atoms with E-state index in [1.165, 1.54) is 19.3 Å². The number of anilines is 1. The maximum Gasteiger partial charge on any atom is 0.368 e. The van der Waals surface area contributed by atoms with Crippen LogP contribution in [0.4, 0.5) is 5.69 Å². The topological polar surface area (TPSA) is 149 Å². The first-order valence-corrected chi connectivity index (χ1v) is 10.7. The Hall–Kier alpha value is -3.77. The van der Waals surface area contributed by atoms with Gasteiger partial charge in [0.1, 0.15) is 5.84 Å². The molecule has 176 valence electrons. The molecule has 13 heteroatoms. The quantitative estimate of drug-likeness (QED) is 0.291.